The number of hydrogen-bond donors (Lipinski definition) is 2. The molecule has 0 bridgehead atoms. The average molecular weight is 270 g/mol. The zero-order chi connectivity index (χ0) is 12.4. The Morgan fingerprint density at radius 3 is 2.35 bits per heavy atom. The maximum atomic E-state index is 10.1. The van der Waals surface area contributed by atoms with Crippen molar-refractivity contribution in [3.8, 4) is 5.75 Å². The lowest BCUT2D eigenvalue weighted by atomic mass is 10.0. The number of phenolic OH excluding ortho intramolecular Hbond substituents is 1. The largest absolute Gasteiger partial charge is 0.508 e. The van der Waals surface area contributed by atoms with E-state index in [1.165, 1.54) is 12.1 Å². The van der Waals surface area contributed by atoms with Gasteiger partial charge in [0.05, 0.1) is 10.0 Å². The van der Waals surface area contributed by atoms with Gasteiger partial charge < -0.3 is 10.2 Å². The summed E-state index contributed by atoms with van der Waals surface area (Å²) >= 11 is 11.8. The van der Waals surface area contributed by atoms with Gasteiger partial charge in [-0.15, -0.1) is 0 Å². The van der Waals surface area contributed by atoms with Gasteiger partial charge in [0.15, 0.2) is 0 Å². The van der Waals surface area contributed by atoms with Crippen molar-refractivity contribution in [3.05, 3.63) is 57.8 Å². The number of halogens is 2. The Morgan fingerprint density at radius 2 is 1.71 bits per heavy atom. The van der Waals surface area contributed by atoms with Crippen LogP contribution >= 0.6 is 23.2 Å². The molecule has 1 aromatic carbocycles. The number of hydrogen-bond acceptors (Lipinski definition) is 3. The third kappa shape index (κ3) is 2.36. The molecule has 1 heterocycles. The monoisotopic (exact) mass is 269 g/mol. The van der Waals surface area contributed by atoms with Crippen molar-refractivity contribution >= 4 is 23.2 Å². The predicted molar refractivity (Wildman–Crippen MR) is 66.4 cm³/mol. The van der Waals surface area contributed by atoms with E-state index < -0.39 is 6.10 Å². The van der Waals surface area contributed by atoms with E-state index in [0.29, 0.717) is 5.56 Å². The zero-order valence-corrected chi connectivity index (χ0v) is 10.2. The van der Waals surface area contributed by atoms with Gasteiger partial charge in [0.25, 0.3) is 0 Å². The van der Waals surface area contributed by atoms with Gasteiger partial charge in [0, 0.05) is 18.0 Å². The summed E-state index contributed by atoms with van der Waals surface area (Å²) in [7, 11) is 0. The SMILES string of the molecule is Oc1ccc(Cl)c(Cl)c1C(O)c1ccncc1. The van der Waals surface area contributed by atoms with Crippen molar-refractivity contribution in [2.45, 2.75) is 6.10 Å². The molecule has 0 aliphatic carbocycles. The third-order valence-electron chi connectivity index (χ3n) is 2.40. The van der Waals surface area contributed by atoms with E-state index in [2.05, 4.69) is 4.98 Å². The standard InChI is InChI=1S/C12H9Cl2NO2/c13-8-1-2-9(16)10(11(8)14)12(17)7-3-5-15-6-4-7/h1-6,12,16-17H. The molecule has 88 valence electrons. The van der Waals surface area contributed by atoms with Crippen LogP contribution < -0.4 is 0 Å². The molecule has 2 aromatic rings. The maximum absolute atomic E-state index is 10.1. The molecule has 0 spiro atoms. The maximum Gasteiger partial charge on any atom is 0.123 e. The molecule has 0 fully saturated rings. The molecule has 0 amide bonds. The first-order valence-electron chi connectivity index (χ1n) is 4.86. The molecule has 0 aliphatic heterocycles. The fraction of sp³-hybridized carbons (Fsp3) is 0.0833. The quantitative estimate of drug-likeness (QED) is 0.881. The van der Waals surface area contributed by atoms with Gasteiger partial charge in [0.1, 0.15) is 11.9 Å². The molecule has 0 radical (unpaired) electrons. The first-order chi connectivity index (χ1) is 8.11. The van der Waals surface area contributed by atoms with E-state index in [0.717, 1.165) is 0 Å². The summed E-state index contributed by atoms with van der Waals surface area (Å²) in [6.07, 6.45) is 2.06. The minimum Gasteiger partial charge on any atom is -0.508 e. The van der Waals surface area contributed by atoms with Gasteiger partial charge in [-0.25, -0.2) is 0 Å². The van der Waals surface area contributed by atoms with Crippen LogP contribution in [0, 0.1) is 0 Å². The lowest BCUT2D eigenvalue weighted by molar-refractivity contribution is 0.215. The molecule has 0 aliphatic rings. The molecule has 17 heavy (non-hydrogen) atoms. The highest BCUT2D eigenvalue weighted by Crippen LogP contribution is 2.38. The summed E-state index contributed by atoms with van der Waals surface area (Å²) < 4.78 is 0. The van der Waals surface area contributed by atoms with E-state index >= 15 is 0 Å². The Kier molecular flexibility index (Phi) is 3.52. The number of aliphatic hydroxyl groups excluding tert-OH is 1. The van der Waals surface area contributed by atoms with E-state index in [1.54, 1.807) is 24.5 Å². The van der Waals surface area contributed by atoms with Crippen molar-refractivity contribution in [1.29, 1.82) is 0 Å². The molecular weight excluding hydrogens is 261 g/mol. The highest BCUT2D eigenvalue weighted by molar-refractivity contribution is 6.42. The Labute approximate surface area is 108 Å². The topological polar surface area (TPSA) is 53.4 Å². The predicted octanol–water partition coefficient (Wildman–Crippen LogP) is 3.18. The number of aromatic nitrogens is 1. The molecule has 5 heteroatoms. The fourth-order valence-electron chi connectivity index (χ4n) is 1.53. The summed E-state index contributed by atoms with van der Waals surface area (Å²) in [6.45, 7) is 0. The minimum absolute atomic E-state index is 0.0938. The van der Waals surface area contributed by atoms with E-state index in [1.807, 2.05) is 0 Å². The molecular formula is C12H9Cl2NO2. The molecule has 1 unspecified atom stereocenters. The second kappa shape index (κ2) is 4.92. The summed E-state index contributed by atoms with van der Waals surface area (Å²) in [6, 6.07) is 6.15. The number of nitrogens with zero attached hydrogens (tertiary/aromatic N) is 1. The molecule has 0 saturated heterocycles. The first kappa shape index (κ1) is 12.2. The summed E-state index contributed by atoms with van der Waals surface area (Å²) in [5.74, 6) is -0.0938. The number of aliphatic hydroxyl groups is 1. The van der Waals surface area contributed by atoms with Crippen molar-refractivity contribution in [2.75, 3.05) is 0 Å². The van der Waals surface area contributed by atoms with Crippen molar-refractivity contribution in [2.24, 2.45) is 0 Å². The lowest BCUT2D eigenvalue weighted by Crippen LogP contribution is -2.01. The molecule has 1 atom stereocenters. The van der Waals surface area contributed by atoms with Crippen LogP contribution in [0.3, 0.4) is 0 Å². The highest BCUT2D eigenvalue weighted by atomic mass is 35.5. The molecule has 1 aromatic heterocycles. The van der Waals surface area contributed by atoms with Gasteiger partial charge >= 0.3 is 0 Å². The van der Waals surface area contributed by atoms with Gasteiger partial charge in [-0.1, -0.05) is 23.2 Å². The van der Waals surface area contributed by atoms with Crippen LogP contribution in [0.4, 0.5) is 0 Å². The van der Waals surface area contributed by atoms with Crippen LogP contribution in [0.25, 0.3) is 0 Å². The van der Waals surface area contributed by atoms with Crippen LogP contribution in [0.5, 0.6) is 5.75 Å². The van der Waals surface area contributed by atoms with Crippen LogP contribution in [-0.2, 0) is 0 Å². The van der Waals surface area contributed by atoms with Gasteiger partial charge in [-0.3, -0.25) is 4.98 Å². The fourth-order valence-corrected chi connectivity index (χ4v) is 1.96. The lowest BCUT2D eigenvalue weighted by Gasteiger charge is -2.15. The van der Waals surface area contributed by atoms with Crippen molar-refractivity contribution < 1.29 is 10.2 Å². The van der Waals surface area contributed by atoms with Gasteiger partial charge in [0.2, 0.25) is 0 Å². The summed E-state index contributed by atoms with van der Waals surface area (Å²) in [5.41, 5.74) is 0.782. The Morgan fingerprint density at radius 1 is 1.06 bits per heavy atom. The zero-order valence-electron chi connectivity index (χ0n) is 8.64. The van der Waals surface area contributed by atoms with Crippen molar-refractivity contribution in [1.82, 2.24) is 4.98 Å². The van der Waals surface area contributed by atoms with Gasteiger partial charge in [-0.05, 0) is 29.8 Å². The second-order valence-corrected chi connectivity index (χ2v) is 4.26. The third-order valence-corrected chi connectivity index (χ3v) is 3.22. The van der Waals surface area contributed by atoms with E-state index in [-0.39, 0.29) is 21.4 Å². The van der Waals surface area contributed by atoms with E-state index in [9.17, 15) is 10.2 Å². The Hall–Kier alpha value is -1.29. The van der Waals surface area contributed by atoms with Crippen LogP contribution in [0.1, 0.15) is 17.2 Å². The first-order valence-corrected chi connectivity index (χ1v) is 5.61. The van der Waals surface area contributed by atoms with E-state index in [4.69, 9.17) is 23.2 Å². The molecule has 2 N–H and O–H groups in total. The normalized spacial score (nSPS) is 12.4. The number of benzene rings is 1. The summed E-state index contributed by atoms with van der Waals surface area (Å²) in [5, 5.41) is 20.3. The molecule has 0 saturated carbocycles. The highest BCUT2D eigenvalue weighted by Gasteiger charge is 2.19. The summed E-state index contributed by atoms with van der Waals surface area (Å²) in [4.78, 5) is 3.85. The van der Waals surface area contributed by atoms with Crippen molar-refractivity contribution in [3.63, 3.8) is 0 Å². The minimum atomic E-state index is -1.04. The van der Waals surface area contributed by atoms with Crippen LogP contribution in [0.2, 0.25) is 10.0 Å². The Bertz CT molecular complexity index is 532. The average Bonchev–Trinajstić information content (AvgIpc) is 2.35. The van der Waals surface area contributed by atoms with Crippen LogP contribution in [0.15, 0.2) is 36.7 Å². The second-order valence-electron chi connectivity index (χ2n) is 3.48. The Balaban J connectivity index is 2.51. The van der Waals surface area contributed by atoms with Gasteiger partial charge in [-0.2, -0.15) is 0 Å². The number of aromatic hydroxyl groups is 1. The number of pyridine rings is 1. The number of phenols is 1. The number of rotatable bonds is 2. The smallest absolute Gasteiger partial charge is 0.123 e. The van der Waals surface area contributed by atoms with Crippen LogP contribution in [-0.4, -0.2) is 15.2 Å². The molecule has 3 nitrogen and oxygen atoms in total. The molecule has 2 rings (SSSR count).